The lowest BCUT2D eigenvalue weighted by molar-refractivity contribution is 0.0342. The number of nitrogens with zero attached hydrogens (tertiary/aromatic N) is 1. The summed E-state index contributed by atoms with van der Waals surface area (Å²) in [6.07, 6.45) is 5.06. The van der Waals surface area contributed by atoms with Gasteiger partial charge in [0.15, 0.2) is 9.84 Å². The third-order valence-corrected chi connectivity index (χ3v) is 7.46. The molecule has 0 aromatic heterocycles. The van der Waals surface area contributed by atoms with Crippen LogP contribution in [0, 0.1) is 0 Å². The van der Waals surface area contributed by atoms with E-state index < -0.39 is 15.9 Å². The van der Waals surface area contributed by atoms with Gasteiger partial charge in [0.2, 0.25) is 0 Å². The lowest BCUT2D eigenvalue weighted by Crippen LogP contribution is -2.36. The number of amides is 2. The zero-order valence-electron chi connectivity index (χ0n) is 20.1. The molecule has 2 N–H and O–H groups in total. The number of sulfone groups is 1. The second kappa shape index (κ2) is 12.5. The Labute approximate surface area is 208 Å². The molecule has 8 heteroatoms. The number of hydrogen-bond acceptors (Lipinski definition) is 5. The molecule has 3 rings (SSSR count). The Morgan fingerprint density at radius 3 is 2.29 bits per heavy atom. The van der Waals surface area contributed by atoms with Crippen LogP contribution < -0.4 is 10.6 Å². The number of anilines is 1. The molecule has 2 amide bonds. The van der Waals surface area contributed by atoms with E-state index in [-0.39, 0.29) is 16.7 Å². The molecule has 1 fully saturated rings. The van der Waals surface area contributed by atoms with Crippen molar-refractivity contribution in [3.8, 4) is 0 Å². The summed E-state index contributed by atoms with van der Waals surface area (Å²) in [4.78, 5) is 14.8. The highest BCUT2D eigenvalue weighted by atomic mass is 32.2. The van der Waals surface area contributed by atoms with Crippen LogP contribution in [0.3, 0.4) is 0 Å². The van der Waals surface area contributed by atoms with Crippen LogP contribution in [0.4, 0.5) is 10.5 Å². The summed E-state index contributed by atoms with van der Waals surface area (Å²) in [5.41, 5.74) is 3.20. The van der Waals surface area contributed by atoms with E-state index in [1.807, 2.05) is 31.2 Å². The number of rotatable bonds is 10. The first-order valence-corrected chi connectivity index (χ1v) is 13.2. The van der Waals surface area contributed by atoms with E-state index in [9.17, 15) is 13.2 Å². The molecule has 0 spiro atoms. The first kappa shape index (κ1) is 26.4. The molecule has 0 radical (unpaired) electrons. The van der Waals surface area contributed by atoms with Crippen molar-refractivity contribution in [1.29, 1.82) is 0 Å². The van der Waals surface area contributed by atoms with Crippen LogP contribution in [0.25, 0.3) is 0 Å². The molecule has 1 aliphatic heterocycles. The number of benzene rings is 2. The lowest BCUT2D eigenvalue weighted by atomic mass is 10.1. The number of carbonyl (C=O) groups is 1. The summed E-state index contributed by atoms with van der Waals surface area (Å²) in [5, 5.41) is 5.52. The Kier molecular flexibility index (Phi) is 9.42. The summed E-state index contributed by atoms with van der Waals surface area (Å²) in [6.45, 7) is 13.4. The molecule has 2 aromatic carbocycles. The van der Waals surface area contributed by atoms with Gasteiger partial charge in [-0.25, -0.2) is 13.2 Å². The van der Waals surface area contributed by atoms with Gasteiger partial charge < -0.3 is 15.4 Å². The van der Waals surface area contributed by atoms with Crippen LogP contribution in [0.1, 0.15) is 18.1 Å². The molecule has 0 saturated carbocycles. The van der Waals surface area contributed by atoms with E-state index in [2.05, 4.69) is 28.7 Å². The topological polar surface area (TPSA) is 87.7 Å². The van der Waals surface area contributed by atoms with Gasteiger partial charge in [-0.1, -0.05) is 55.7 Å². The average Bonchev–Trinajstić information content (AvgIpc) is 2.84. The van der Waals surface area contributed by atoms with Crippen molar-refractivity contribution in [1.82, 2.24) is 10.2 Å². The lowest BCUT2D eigenvalue weighted by Gasteiger charge is -2.26. The quantitative estimate of drug-likeness (QED) is 0.480. The minimum Gasteiger partial charge on any atom is -0.379 e. The van der Waals surface area contributed by atoms with Crippen molar-refractivity contribution in [2.45, 2.75) is 30.2 Å². The molecule has 0 aliphatic carbocycles. The maximum atomic E-state index is 12.9. The van der Waals surface area contributed by atoms with Crippen molar-refractivity contribution in [3.05, 3.63) is 96.6 Å². The van der Waals surface area contributed by atoms with Gasteiger partial charge in [0.1, 0.15) is 0 Å². The Morgan fingerprint density at radius 2 is 1.69 bits per heavy atom. The van der Waals surface area contributed by atoms with Crippen molar-refractivity contribution < 1.29 is 17.9 Å². The van der Waals surface area contributed by atoms with Gasteiger partial charge >= 0.3 is 6.03 Å². The highest BCUT2D eigenvalue weighted by molar-refractivity contribution is 7.90. The Bertz CT molecular complexity index is 1150. The smallest absolute Gasteiger partial charge is 0.319 e. The summed E-state index contributed by atoms with van der Waals surface area (Å²) in [5.74, 6) is -0.0877. The van der Waals surface area contributed by atoms with Gasteiger partial charge in [-0.15, -0.1) is 0 Å². The van der Waals surface area contributed by atoms with E-state index in [0.29, 0.717) is 5.69 Å². The van der Waals surface area contributed by atoms with Gasteiger partial charge in [-0.2, -0.15) is 0 Å². The van der Waals surface area contributed by atoms with Gasteiger partial charge in [-0.05, 0) is 47.9 Å². The summed E-state index contributed by atoms with van der Waals surface area (Å²) in [7, 11) is -3.52. The third-order valence-electron chi connectivity index (χ3n) is 5.75. The number of allylic oxidation sites excluding steroid dienone is 2. The molecule has 1 unspecified atom stereocenters. The van der Waals surface area contributed by atoms with Crippen molar-refractivity contribution in [3.63, 3.8) is 0 Å². The monoisotopic (exact) mass is 495 g/mol. The Balaban J connectivity index is 1.56. The minimum atomic E-state index is -3.52. The second-order valence-corrected chi connectivity index (χ2v) is 10.4. The third kappa shape index (κ3) is 7.92. The number of carbonyl (C=O) groups excluding carboxylic acids is 1. The van der Waals surface area contributed by atoms with Crippen molar-refractivity contribution in [2.75, 3.05) is 31.6 Å². The van der Waals surface area contributed by atoms with E-state index >= 15 is 0 Å². The minimum absolute atomic E-state index is 0.0877. The predicted molar refractivity (Wildman–Crippen MR) is 140 cm³/mol. The van der Waals surface area contributed by atoms with Crippen molar-refractivity contribution >= 4 is 21.6 Å². The first-order valence-electron chi connectivity index (χ1n) is 11.5. The molecule has 1 saturated heterocycles. The molecular weight excluding hydrogens is 462 g/mol. The standard InChI is InChI=1S/C27H33N3O4S/c1-4-6-24(5-2)21(3)28-27(31)29-25-11-13-26(14-12-25)35(32,33)20-23-9-7-22(8-10-23)19-30-15-17-34-18-16-30/h4-14,21H,1-2,15-20H2,3H3,(H2,28,29,31)/b24-6+. The van der Waals surface area contributed by atoms with Crippen molar-refractivity contribution in [2.24, 2.45) is 0 Å². The van der Waals surface area contributed by atoms with Crippen LogP contribution in [0.5, 0.6) is 0 Å². The normalized spacial score (nSPS) is 15.7. The van der Waals surface area contributed by atoms with Gasteiger partial charge in [-0.3, -0.25) is 4.90 Å². The number of hydrogen-bond donors (Lipinski definition) is 2. The van der Waals surface area contributed by atoms with E-state index in [1.54, 1.807) is 30.4 Å². The number of nitrogens with one attached hydrogen (secondary N) is 2. The summed E-state index contributed by atoms with van der Waals surface area (Å²) in [6, 6.07) is 13.2. The Morgan fingerprint density at radius 1 is 1.06 bits per heavy atom. The molecule has 1 atom stereocenters. The van der Waals surface area contributed by atoms with Crippen LogP contribution in [-0.2, 0) is 26.9 Å². The number of ether oxygens (including phenoxy) is 1. The predicted octanol–water partition coefficient (Wildman–Crippen LogP) is 4.30. The van der Waals surface area contributed by atoms with E-state index in [1.165, 1.54) is 12.1 Å². The molecule has 2 aromatic rings. The summed E-state index contributed by atoms with van der Waals surface area (Å²) >= 11 is 0. The molecule has 186 valence electrons. The van der Waals surface area contributed by atoms with Crippen LogP contribution in [0.15, 0.2) is 90.4 Å². The molecule has 0 bridgehead atoms. The molecule has 1 aliphatic rings. The number of morpholine rings is 1. The largest absolute Gasteiger partial charge is 0.379 e. The highest BCUT2D eigenvalue weighted by Crippen LogP contribution is 2.20. The van der Waals surface area contributed by atoms with E-state index in [0.717, 1.165) is 49.5 Å². The molecule has 7 nitrogen and oxygen atoms in total. The molecular formula is C27H33N3O4S. The fraction of sp³-hybridized carbons (Fsp3) is 0.296. The van der Waals surface area contributed by atoms with Gasteiger partial charge in [0, 0.05) is 25.3 Å². The zero-order chi connectivity index (χ0) is 25.3. The SMILES string of the molecule is C=C/C=C(\C=C)C(C)NC(=O)Nc1ccc(S(=O)(=O)Cc2ccc(CN3CCOCC3)cc2)cc1. The molecule has 1 heterocycles. The zero-order valence-corrected chi connectivity index (χ0v) is 20.9. The second-order valence-electron chi connectivity index (χ2n) is 8.42. The fourth-order valence-electron chi connectivity index (χ4n) is 3.78. The molecule has 35 heavy (non-hydrogen) atoms. The van der Waals surface area contributed by atoms with Crippen LogP contribution >= 0.6 is 0 Å². The number of urea groups is 1. The Hall–Kier alpha value is -3.20. The maximum Gasteiger partial charge on any atom is 0.319 e. The maximum absolute atomic E-state index is 12.9. The van der Waals surface area contributed by atoms with Crippen LogP contribution in [-0.4, -0.2) is 51.7 Å². The van der Waals surface area contributed by atoms with Gasteiger partial charge in [0.25, 0.3) is 0 Å². The van der Waals surface area contributed by atoms with E-state index in [4.69, 9.17) is 4.74 Å². The first-order chi connectivity index (χ1) is 16.8. The highest BCUT2D eigenvalue weighted by Gasteiger charge is 2.17. The average molecular weight is 496 g/mol. The summed E-state index contributed by atoms with van der Waals surface area (Å²) < 4.78 is 31.2. The fourth-order valence-corrected chi connectivity index (χ4v) is 5.13. The van der Waals surface area contributed by atoms with Gasteiger partial charge in [0.05, 0.1) is 29.9 Å². The van der Waals surface area contributed by atoms with Crippen LogP contribution in [0.2, 0.25) is 0 Å².